The summed E-state index contributed by atoms with van der Waals surface area (Å²) in [6.07, 6.45) is 0.947. The van der Waals surface area contributed by atoms with E-state index in [4.69, 9.17) is 0 Å². The molecular weight excluding hydrogens is 249 g/mol. The third-order valence-electron chi connectivity index (χ3n) is 4.05. The molecule has 1 N–H and O–H groups in total. The first-order valence-corrected chi connectivity index (χ1v) is 6.84. The molecule has 0 aliphatic carbocycles. The molecule has 0 amide bonds. The standard InChI is InChI=1S/C18H14FN/c19-14-8-5-13(6-9-14)18-11-16-15-4-2-1-3-12(15)7-10-17(16)20-18/h1-10,18,20H,11H2. The zero-order chi connectivity index (χ0) is 13.5. The Balaban J connectivity index is 1.76. The molecule has 0 spiro atoms. The van der Waals surface area contributed by atoms with Crippen LogP contribution in [-0.2, 0) is 6.42 Å². The first-order chi connectivity index (χ1) is 9.81. The Bertz CT molecular complexity index is 777. The van der Waals surface area contributed by atoms with Gasteiger partial charge in [0.1, 0.15) is 5.82 Å². The first-order valence-electron chi connectivity index (χ1n) is 6.84. The molecule has 1 aliphatic heterocycles. The summed E-state index contributed by atoms with van der Waals surface area (Å²) in [6, 6.07) is 19.7. The van der Waals surface area contributed by atoms with E-state index in [2.05, 4.69) is 41.7 Å². The van der Waals surface area contributed by atoms with Crippen LogP contribution in [0.4, 0.5) is 10.1 Å². The lowest BCUT2D eigenvalue weighted by Gasteiger charge is -2.11. The zero-order valence-electron chi connectivity index (χ0n) is 10.9. The van der Waals surface area contributed by atoms with Crippen molar-refractivity contribution in [1.82, 2.24) is 0 Å². The van der Waals surface area contributed by atoms with Crippen molar-refractivity contribution in [3.63, 3.8) is 0 Å². The van der Waals surface area contributed by atoms with Gasteiger partial charge >= 0.3 is 0 Å². The molecule has 1 heterocycles. The van der Waals surface area contributed by atoms with E-state index in [1.165, 1.54) is 34.2 Å². The van der Waals surface area contributed by atoms with Crippen LogP contribution >= 0.6 is 0 Å². The van der Waals surface area contributed by atoms with E-state index in [0.717, 1.165) is 12.0 Å². The van der Waals surface area contributed by atoms with Gasteiger partial charge in [-0.15, -0.1) is 0 Å². The van der Waals surface area contributed by atoms with Gasteiger partial charge in [-0.25, -0.2) is 4.39 Å². The number of halogens is 1. The summed E-state index contributed by atoms with van der Waals surface area (Å²) in [4.78, 5) is 0. The molecule has 0 radical (unpaired) electrons. The fourth-order valence-corrected chi connectivity index (χ4v) is 3.03. The van der Waals surface area contributed by atoms with Crippen molar-refractivity contribution in [3.8, 4) is 0 Å². The maximum atomic E-state index is 13.0. The van der Waals surface area contributed by atoms with Crippen molar-refractivity contribution in [2.24, 2.45) is 0 Å². The van der Waals surface area contributed by atoms with E-state index in [0.29, 0.717) is 0 Å². The molecule has 0 bridgehead atoms. The lowest BCUT2D eigenvalue weighted by atomic mass is 9.98. The Morgan fingerprint density at radius 1 is 0.900 bits per heavy atom. The fourth-order valence-electron chi connectivity index (χ4n) is 3.03. The molecule has 0 saturated carbocycles. The molecule has 3 aromatic rings. The Kier molecular flexibility index (Phi) is 2.49. The summed E-state index contributed by atoms with van der Waals surface area (Å²) in [5, 5.41) is 6.12. The van der Waals surface area contributed by atoms with Gasteiger partial charge in [0.15, 0.2) is 0 Å². The number of fused-ring (bicyclic) bond motifs is 3. The van der Waals surface area contributed by atoms with Crippen molar-refractivity contribution in [2.45, 2.75) is 12.5 Å². The third kappa shape index (κ3) is 1.76. The average Bonchev–Trinajstić information content (AvgIpc) is 2.92. The van der Waals surface area contributed by atoms with E-state index >= 15 is 0 Å². The molecule has 2 heteroatoms. The van der Waals surface area contributed by atoms with Crippen LogP contribution in [-0.4, -0.2) is 0 Å². The summed E-state index contributed by atoms with van der Waals surface area (Å²) < 4.78 is 13.0. The van der Waals surface area contributed by atoms with Crippen LogP contribution in [0.5, 0.6) is 0 Å². The minimum absolute atomic E-state index is 0.185. The van der Waals surface area contributed by atoms with Crippen LogP contribution in [0, 0.1) is 5.82 Å². The van der Waals surface area contributed by atoms with Crippen molar-refractivity contribution >= 4 is 16.5 Å². The lowest BCUT2D eigenvalue weighted by Crippen LogP contribution is -2.05. The van der Waals surface area contributed by atoms with Gasteiger partial charge in [-0.2, -0.15) is 0 Å². The second kappa shape index (κ2) is 4.34. The molecular formula is C18H14FN. The van der Waals surface area contributed by atoms with Crippen LogP contribution in [0.1, 0.15) is 17.2 Å². The molecule has 3 aromatic carbocycles. The molecule has 0 aromatic heterocycles. The van der Waals surface area contributed by atoms with Crippen molar-refractivity contribution < 1.29 is 4.39 Å². The smallest absolute Gasteiger partial charge is 0.123 e. The summed E-state index contributed by atoms with van der Waals surface area (Å²) in [7, 11) is 0. The van der Waals surface area contributed by atoms with Crippen molar-refractivity contribution in [1.29, 1.82) is 0 Å². The van der Waals surface area contributed by atoms with Gasteiger partial charge in [0.25, 0.3) is 0 Å². The minimum Gasteiger partial charge on any atom is -0.378 e. The largest absolute Gasteiger partial charge is 0.378 e. The molecule has 0 fully saturated rings. The molecule has 98 valence electrons. The maximum Gasteiger partial charge on any atom is 0.123 e. The van der Waals surface area contributed by atoms with Crippen molar-refractivity contribution in [2.75, 3.05) is 5.32 Å². The Labute approximate surface area is 117 Å². The second-order valence-corrected chi connectivity index (χ2v) is 5.27. The van der Waals surface area contributed by atoms with Gasteiger partial charge in [0.2, 0.25) is 0 Å². The van der Waals surface area contributed by atoms with Crippen molar-refractivity contribution in [3.05, 3.63) is 77.6 Å². The summed E-state index contributed by atoms with van der Waals surface area (Å²) in [5.74, 6) is -0.185. The normalized spacial score (nSPS) is 16.9. The SMILES string of the molecule is Fc1ccc(C2Cc3c(ccc4ccccc34)N2)cc1. The zero-order valence-corrected chi connectivity index (χ0v) is 10.9. The Hall–Kier alpha value is -2.35. The van der Waals surface area contributed by atoms with Crippen LogP contribution in [0.15, 0.2) is 60.7 Å². The highest BCUT2D eigenvalue weighted by Crippen LogP contribution is 2.38. The number of benzene rings is 3. The molecule has 1 atom stereocenters. The van der Waals surface area contributed by atoms with Crippen LogP contribution in [0.3, 0.4) is 0 Å². The molecule has 1 nitrogen and oxygen atoms in total. The van der Waals surface area contributed by atoms with E-state index in [1.807, 2.05) is 12.1 Å². The van der Waals surface area contributed by atoms with E-state index in [9.17, 15) is 4.39 Å². The van der Waals surface area contributed by atoms with E-state index in [1.54, 1.807) is 0 Å². The van der Waals surface area contributed by atoms with Gasteiger partial charge in [0, 0.05) is 5.69 Å². The molecule has 0 saturated heterocycles. The topological polar surface area (TPSA) is 12.0 Å². The number of hydrogen-bond donors (Lipinski definition) is 1. The predicted molar refractivity (Wildman–Crippen MR) is 80.4 cm³/mol. The van der Waals surface area contributed by atoms with Crippen LogP contribution < -0.4 is 5.32 Å². The second-order valence-electron chi connectivity index (χ2n) is 5.27. The average molecular weight is 263 g/mol. The predicted octanol–water partition coefficient (Wildman–Crippen LogP) is 4.69. The lowest BCUT2D eigenvalue weighted by molar-refractivity contribution is 0.626. The van der Waals surface area contributed by atoms with Crippen LogP contribution in [0.25, 0.3) is 10.8 Å². The van der Waals surface area contributed by atoms with Gasteiger partial charge in [-0.05, 0) is 46.5 Å². The van der Waals surface area contributed by atoms with E-state index in [-0.39, 0.29) is 11.9 Å². The summed E-state index contributed by atoms with van der Waals surface area (Å²) >= 11 is 0. The number of rotatable bonds is 1. The fraction of sp³-hybridized carbons (Fsp3) is 0.111. The quantitative estimate of drug-likeness (QED) is 0.671. The van der Waals surface area contributed by atoms with Gasteiger partial charge in [0.05, 0.1) is 6.04 Å². The minimum atomic E-state index is -0.185. The summed E-state index contributed by atoms with van der Waals surface area (Å²) in [5.41, 5.74) is 3.68. The number of hydrogen-bond acceptors (Lipinski definition) is 1. The molecule has 20 heavy (non-hydrogen) atoms. The third-order valence-corrected chi connectivity index (χ3v) is 4.05. The number of nitrogens with one attached hydrogen (secondary N) is 1. The molecule has 4 rings (SSSR count). The van der Waals surface area contributed by atoms with Gasteiger partial charge in [-0.3, -0.25) is 0 Å². The highest BCUT2D eigenvalue weighted by Gasteiger charge is 2.23. The van der Waals surface area contributed by atoms with E-state index < -0.39 is 0 Å². The summed E-state index contributed by atoms with van der Waals surface area (Å²) in [6.45, 7) is 0. The Morgan fingerprint density at radius 3 is 2.55 bits per heavy atom. The molecule has 1 unspecified atom stereocenters. The Morgan fingerprint density at radius 2 is 1.70 bits per heavy atom. The highest BCUT2D eigenvalue weighted by atomic mass is 19.1. The highest BCUT2D eigenvalue weighted by molar-refractivity contribution is 5.91. The van der Waals surface area contributed by atoms with Crippen LogP contribution in [0.2, 0.25) is 0 Å². The van der Waals surface area contributed by atoms with Gasteiger partial charge in [-0.1, -0.05) is 42.5 Å². The molecule has 1 aliphatic rings. The van der Waals surface area contributed by atoms with Gasteiger partial charge < -0.3 is 5.32 Å². The first kappa shape index (κ1) is 11.5. The monoisotopic (exact) mass is 263 g/mol. The maximum absolute atomic E-state index is 13.0. The number of anilines is 1.